The first kappa shape index (κ1) is 20.2. The largest absolute Gasteiger partial charge is 0.393 e. The molecular weight excluding hydrogens is 401 g/mol. The third-order valence-corrected chi connectivity index (χ3v) is 4.12. The lowest BCUT2D eigenvalue weighted by atomic mass is 9.93. The second-order valence-electron chi connectivity index (χ2n) is 6.00. The van der Waals surface area contributed by atoms with Crippen LogP contribution < -0.4 is 10.6 Å². The third-order valence-electron chi connectivity index (χ3n) is 4.12. The van der Waals surface area contributed by atoms with Gasteiger partial charge >= 0.3 is 0 Å². The lowest BCUT2D eigenvalue weighted by molar-refractivity contribution is 0.120. The van der Waals surface area contributed by atoms with Gasteiger partial charge in [0.25, 0.3) is 0 Å². The minimum atomic E-state index is -0.108. The van der Waals surface area contributed by atoms with Gasteiger partial charge in [-0.05, 0) is 51.0 Å². The van der Waals surface area contributed by atoms with Gasteiger partial charge in [-0.1, -0.05) is 30.3 Å². The maximum Gasteiger partial charge on any atom is 0.191 e. The van der Waals surface area contributed by atoms with E-state index in [0.717, 1.165) is 57.6 Å². The molecule has 0 spiro atoms. The van der Waals surface area contributed by atoms with E-state index < -0.39 is 0 Å². The van der Waals surface area contributed by atoms with Crippen molar-refractivity contribution < 1.29 is 5.11 Å². The van der Waals surface area contributed by atoms with Crippen LogP contribution >= 0.6 is 24.0 Å². The van der Waals surface area contributed by atoms with Gasteiger partial charge in [-0.3, -0.25) is 4.99 Å². The predicted molar refractivity (Wildman–Crippen MR) is 108 cm³/mol. The highest BCUT2D eigenvalue weighted by Gasteiger charge is 2.19. The van der Waals surface area contributed by atoms with Crippen LogP contribution in [0.5, 0.6) is 0 Å². The van der Waals surface area contributed by atoms with Crippen molar-refractivity contribution in [2.75, 3.05) is 13.1 Å². The fourth-order valence-electron chi connectivity index (χ4n) is 2.85. The Morgan fingerprint density at radius 1 is 1.17 bits per heavy atom. The quantitative estimate of drug-likeness (QED) is 0.281. The minimum absolute atomic E-state index is 0. The van der Waals surface area contributed by atoms with Crippen molar-refractivity contribution in [2.24, 2.45) is 4.99 Å². The SMILES string of the molecule is CCNC(=NCCCc1ccccc1)NC1CCC(O)CC1.I. The predicted octanol–water partition coefficient (Wildman–Crippen LogP) is 3.10. The fourth-order valence-corrected chi connectivity index (χ4v) is 2.85. The summed E-state index contributed by atoms with van der Waals surface area (Å²) in [7, 11) is 0. The summed E-state index contributed by atoms with van der Waals surface area (Å²) in [5.74, 6) is 0.914. The van der Waals surface area contributed by atoms with Crippen molar-refractivity contribution >= 4 is 29.9 Å². The molecule has 1 aromatic carbocycles. The number of aliphatic hydroxyl groups excluding tert-OH is 1. The van der Waals surface area contributed by atoms with Crippen LogP contribution in [0.4, 0.5) is 0 Å². The van der Waals surface area contributed by atoms with E-state index in [0.29, 0.717) is 6.04 Å². The third kappa shape index (κ3) is 8.01. The lowest BCUT2D eigenvalue weighted by Crippen LogP contribution is -2.45. The number of aryl methyl sites for hydroxylation is 1. The molecule has 1 aromatic rings. The first-order chi connectivity index (χ1) is 10.8. The number of rotatable bonds is 6. The maximum atomic E-state index is 9.57. The van der Waals surface area contributed by atoms with Gasteiger partial charge in [-0.25, -0.2) is 0 Å². The molecule has 130 valence electrons. The van der Waals surface area contributed by atoms with Crippen LogP contribution in [-0.4, -0.2) is 36.3 Å². The molecule has 0 heterocycles. The van der Waals surface area contributed by atoms with E-state index in [-0.39, 0.29) is 30.1 Å². The summed E-state index contributed by atoms with van der Waals surface area (Å²) >= 11 is 0. The van der Waals surface area contributed by atoms with Gasteiger partial charge in [-0.2, -0.15) is 0 Å². The van der Waals surface area contributed by atoms with Gasteiger partial charge in [0.1, 0.15) is 0 Å². The lowest BCUT2D eigenvalue weighted by Gasteiger charge is -2.27. The monoisotopic (exact) mass is 431 g/mol. The molecular formula is C18H30IN3O. The second-order valence-corrected chi connectivity index (χ2v) is 6.00. The van der Waals surface area contributed by atoms with Crippen molar-refractivity contribution in [3.8, 4) is 0 Å². The Balaban J connectivity index is 0.00000264. The van der Waals surface area contributed by atoms with Gasteiger partial charge in [-0.15, -0.1) is 24.0 Å². The van der Waals surface area contributed by atoms with E-state index in [1.165, 1.54) is 5.56 Å². The number of hydrogen-bond acceptors (Lipinski definition) is 2. The summed E-state index contributed by atoms with van der Waals surface area (Å²) in [6.07, 6.45) is 5.86. The van der Waals surface area contributed by atoms with E-state index in [1.807, 2.05) is 0 Å². The topological polar surface area (TPSA) is 56.7 Å². The van der Waals surface area contributed by atoms with Crippen molar-refractivity contribution in [3.05, 3.63) is 35.9 Å². The van der Waals surface area contributed by atoms with Crippen LogP contribution in [0.1, 0.15) is 44.6 Å². The maximum absolute atomic E-state index is 9.57. The molecule has 1 fully saturated rings. The molecule has 0 aromatic heterocycles. The fraction of sp³-hybridized carbons (Fsp3) is 0.611. The Morgan fingerprint density at radius 3 is 2.52 bits per heavy atom. The molecule has 3 N–H and O–H groups in total. The zero-order chi connectivity index (χ0) is 15.6. The van der Waals surface area contributed by atoms with Gasteiger partial charge in [0.05, 0.1) is 6.10 Å². The number of nitrogens with zero attached hydrogens (tertiary/aromatic N) is 1. The van der Waals surface area contributed by atoms with Crippen LogP contribution in [0.15, 0.2) is 35.3 Å². The molecule has 1 aliphatic rings. The molecule has 0 bridgehead atoms. The van der Waals surface area contributed by atoms with Gasteiger partial charge in [0.2, 0.25) is 0 Å². The molecule has 4 nitrogen and oxygen atoms in total. The molecule has 0 unspecified atom stereocenters. The van der Waals surface area contributed by atoms with E-state index in [2.05, 4.69) is 52.9 Å². The van der Waals surface area contributed by atoms with Gasteiger partial charge in [0, 0.05) is 19.1 Å². The zero-order valence-corrected chi connectivity index (χ0v) is 16.3. The summed E-state index contributed by atoms with van der Waals surface area (Å²) in [4.78, 5) is 4.67. The van der Waals surface area contributed by atoms with Crippen LogP contribution in [0.25, 0.3) is 0 Å². The highest BCUT2D eigenvalue weighted by atomic mass is 127. The normalized spacial score (nSPS) is 21.4. The summed E-state index contributed by atoms with van der Waals surface area (Å²) in [6, 6.07) is 11.0. The van der Waals surface area contributed by atoms with E-state index >= 15 is 0 Å². The number of guanidine groups is 1. The van der Waals surface area contributed by atoms with Crippen molar-refractivity contribution in [3.63, 3.8) is 0 Å². The average Bonchev–Trinajstić information content (AvgIpc) is 2.55. The standard InChI is InChI=1S/C18H29N3O.HI/c1-2-19-18(21-16-10-12-17(22)13-11-16)20-14-6-9-15-7-4-3-5-8-15;/h3-5,7-8,16-17,22H,2,6,9-14H2,1H3,(H2,19,20,21);1H. The second kappa shape index (κ2) is 11.7. The average molecular weight is 431 g/mol. The Labute approximate surface area is 157 Å². The molecule has 2 rings (SSSR count). The number of benzene rings is 1. The molecule has 0 atom stereocenters. The molecule has 5 heteroatoms. The zero-order valence-electron chi connectivity index (χ0n) is 14.0. The number of aliphatic hydroxyl groups is 1. The van der Waals surface area contributed by atoms with Crippen LogP contribution in [-0.2, 0) is 6.42 Å². The first-order valence-electron chi connectivity index (χ1n) is 8.54. The number of aliphatic imine (C=N–C) groups is 1. The summed E-state index contributed by atoms with van der Waals surface area (Å²) in [5.41, 5.74) is 1.37. The molecule has 0 aliphatic heterocycles. The Hall–Kier alpha value is -0.820. The number of halogens is 1. The van der Waals surface area contributed by atoms with Gasteiger partial charge < -0.3 is 15.7 Å². The summed E-state index contributed by atoms with van der Waals surface area (Å²) < 4.78 is 0. The van der Waals surface area contributed by atoms with Crippen LogP contribution in [0, 0.1) is 0 Å². The minimum Gasteiger partial charge on any atom is -0.393 e. The summed E-state index contributed by atoms with van der Waals surface area (Å²) in [6.45, 7) is 3.80. The van der Waals surface area contributed by atoms with Crippen LogP contribution in [0.3, 0.4) is 0 Å². The highest BCUT2D eigenvalue weighted by Crippen LogP contribution is 2.18. The van der Waals surface area contributed by atoms with E-state index in [1.54, 1.807) is 0 Å². The molecule has 23 heavy (non-hydrogen) atoms. The molecule has 0 radical (unpaired) electrons. The highest BCUT2D eigenvalue weighted by molar-refractivity contribution is 14.0. The Kier molecular flexibility index (Phi) is 10.3. The molecule has 0 saturated heterocycles. The van der Waals surface area contributed by atoms with Crippen molar-refractivity contribution in [1.82, 2.24) is 10.6 Å². The Morgan fingerprint density at radius 2 is 1.87 bits per heavy atom. The van der Waals surface area contributed by atoms with E-state index in [9.17, 15) is 5.11 Å². The molecule has 0 amide bonds. The van der Waals surface area contributed by atoms with Gasteiger partial charge in [0.15, 0.2) is 5.96 Å². The first-order valence-corrected chi connectivity index (χ1v) is 8.54. The van der Waals surface area contributed by atoms with Crippen molar-refractivity contribution in [2.45, 2.75) is 57.6 Å². The van der Waals surface area contributed by atoms with E-state index in [4.69, 9.17) is 0 Å². The smallest absolute Gasteiger partial charge is 0.191 e. The van der Waals surface area contributed by atoms with Crippen LogP contribution in [0.2, 0.25) is 0 Å². The number of nitrogens with one attached hydrogen (secondary N) is 2. The Bertz CT molecular complexity index is 445. The molecule has 1 saturated carbocycles. The molecule has 1 aliphatic carbocycles. The number of hydrogen-bond donors (Lipinski definition) is 3. The summed E-state index contributed by atoms with van der Waals surface area (Å²) in [5, 5.41) is 16.4. The van der Waals surface area contributed by atoms with Crippen molar-refractivity contribution in [1.29, 1.82) is 0 Å².